The van der Waals surface area contributed by atoms with Crippen molar-refractivity contribution in [1.82, 2.24) is 14.8 Å². The van der Waals surface area contributed by atoms with E-state index in [1.807, 2.05) is 25.1 Å². The number of aromatic amines is 1. The second-order valence-electron chi connectivity index (χ2n) is 4.42. The lowest BCUT2D eigenvalue weighted by atomic mass is 10.1. The Kier molecular flexibility index (Phi) is 5.06. The number of benzene rings is 1. The molecule has 0 aliphatic heterocycles. The zero-order valence-electron chi connectivity index (χ0n) is 11.3. The molecule has 2 aromatic rings. The largest absolute Gasteiger partial charge is 0.389 e. The molecule has 5 nitrogen and oxygen atoms in total. The van der Waals surface area contributed by atoms with Gasteiger partial charge >= 0.3 is 5.69 Å². The fourth-order valence-corrected chi connectivity index (χ4v) is 3.58. The molecule has 0 saturated carbocycles. The summed E-state index contributed by atoms with van der Waals surface area (Å²) in [6.45, 7) is 4.38. The van der Waals surface area contributed by atoms with Crippen LogP contribution < -0.4 is 5.69 Å². The number of aromatic nitrogens is 3. The highest BCUT2D eigenvalue weighted by Crippen LogP contribution is 2.31. The third-order valence-electron chi connectivity index (χ3n) is 2.80. The Morgan fingerprint density at radius 2 is 2.30 bits per heavy atom. The summed E-state index contributed by atoms with van der Waals surface area (Å²) >= 11 is 4.86. The molecule has 20 heavy (non-hydrogen) atoms. The third kappa shape index (κ3) is 3.34. The lowest BCUT2D eigenvalue weighted by Crippen LogP contribution is -2.17. The summed E-state index contributed by atoms with van der Waals surface area (Å²) in [5, 5.41) is 16.8. The average Bonchev–Trinajstić information content (AvgIpc) is 2.72. The minimum absolute atomic E-state index is 0.186. The fraction of sp³-hybridized carbons (Fsp3) is 0.385. The molecule has 1 aromatic heterocycles. The van der Waals surface area contributed by atoms with E-state index >= 15 is 0 Å². The first-order valence-electron chi connectivity index (χ1n) is 6.33. The van der Waals surface area contributed by atoms with Crippen LogP contribution >= 0.6 is 27.7 Å². The number of rotatable bonds is 5. The molecule has 2 rings (SSSR count). The molecule has 1 atom stereocenters. The van der Waals surface area contributed by atoms with Crippen molar-refractivity contribution in [2.24, 2.45) is 0 Å². The standard InChI is InChI=1S/C13H16BrN3O2S/c1-3-6-17-12(19)15-16-13(17)20-9-4-5-10(8(2)18)11(14)7-9/h4-5,7-8,18H,3,6H2,1-2H3,(H,15,19)/t8-/m1/s1. The average molecular weight is 358 g/mol. The molecule has 108 valence electrons. The summed E-state index contributed by atoms with van der Waals surface area (Å²) in [5.41, 5.74) is 0.649. The number of nitrogens with zero attached hydrogens (tertiary/aromatic N) is 2. The highest BCUT2D eigenvalue weighted by atomic mass is 79.9. The Balaban J connectivity index is 2.27. The SMILES string of the molecule is CCCn1c(Sc2ccc([C@@H](C)O)c(Br)c2)n[nH]c1=O. The maximum Gasteiger partial charge on any atom is 0.343 e. The van der Waals surface area contributed by atoms with E-state index in [0.717, 1.165) is 21.4 Å². The number of halogens is 1. The Morgan fingerprint density at radius 1 is 1.55 bits per heavy atom. The molecule has 0 bridgehead atoms. The van der Waals surface area contributed by atoms with Crippen molar-refractivity contribution in [3.8, 4) is 0 Å². The number of aliphatic hydroxyl groups excluding tert-OH is 1. The zero-order valence-corrected chi connectivity index (χ0v) is 13.7. The molecular formula is C13H16BrN3O2S. The Morgan fingerprint density at radius 3 is 2.90 bits per heavy atom. The van der Waals surface area contributed by atoms with Crippen LogP contribution in [0.1, 0.15) is 31.9 Å². The highest BCUT2D eigenvalue weighted by molar-refractivity contribution is 9.10. The smallest absolute Gasteiger partial charge is 0.343 e. The predicted octanol–water partition coefficient (Wildman–Crippen LogP) is 2.95. The van der Waals surface area contributed by atoms with Gasteiger partial charge in [-0.05, 0) is 42.8 Å². The minimum Gasteiger partial charge on any atom is -0.389 e. The molecule has 0 aliphatic carbocycles. The van der Waals surface area contributed by atoms with Gasteiger partial charge in [-0.2, -0.15) is 0 Å². The van der Waals surface area contributed by atoms with E-state index in [9.17, 15) is 9.90 Å². The second kappa shape index (κ2) is 6.60. The summed E-state index contributed by atoms with van der Waals surface area (Å²) in [7, 11) is 0. The van der Waals surface area contributed by atoms with E-state index in [-0.39, 0.29) is 5.69 Å². The predicted molar refractivity (Wildman–Crippen MR) is 82.0 cm³/mol. The summed E-state index contributed by atoms with van der Waals surface area (Å²) in [6.07, 6.45) is 0.351. The van der Waals surface area contributed by atoms with Crippen molar-refractivity contribution in [3.05, 3.63) is 38.7 Å². The third-order valence-corrected chi connectivity index (χ3v) is 4.47. The lowest BCUT2D eigenvalue weighted by Gasteiger charge is -2.09. The van der Waals surface area contributed by atoms with Gasteiger partial charge in [0.05, 0.1) is 6.10 Å². The molecule has 0 fully saturated rings. The number of hydrogen-bond acceptors (Lipinski definition) is 4. The van der Waals surface area contributed by atoms with Crippen LogP contribution in [0.3, 0.4) is 0 Å². The first-order valence-corrected chi connectivity index (χ1v) is 7.94. The second-order valence-corrected chi connectivity index (χ2v) is 6.32. The van der Waals surface area contributed by atoms with Gasteiger partial charge < -0.3 is 5.11 Å². The van der Waals surface area contributed by atoms with E-state index in [4.69, 9.17) is 0 Å². The van der Waals surface area contributed by atoms with Crippen molar-refractivity contribution in [3.63, 3.8) is 0 Å². The topological polar surface area (TPSA) is 70.9 Å². The minimum atomic E-state index is -0.521. The molecule has 0 unspecified atom stereocenters. The van der Waals surface area contributed by atoms with Crippen molar-refractivity contribution in [2.45, 2.75) is 43.0 Å². The summed E-state index contributed by atoms with van der Waals surface area (Å²) in [5.74, 6) is 0. The van der Waals surface area contributed by atoms with Crippen molar-refractivity contribution >= 4 is 27.7 Å². The van der Waals surface area contributed by atoms with E-state index < -0.39 is 6.10 Å². The molecule has 1 aromatic carbocycles. The molecule has 0 saturated heterocycles. The maximum absolute atomic E-state index is 11.6. The number of H-pyrrole nitrogens is 1. The Hall–Kier alpha value is -1.05. The zero-order chi connectivity index (χ0) is 14.7. The van der Waals surface area contributed by atoms with Gasteiger partial charge in [-0.25, -0.2) is 9.89 Å². The molecule has 0 aliphatic rings. The highest BCUT2D eigenvalue weighted by Gasteiger charge is 2.11. The van der Waals surface area contributed by atoms with Crippen LogP contribution in [0.5, 0.6) is 0 Å². The monoisotopic (exact) mass is 357 g/mol. The van der Waals surface area contributed by atoms with Gasteiger partial charge in [0.2, 0.25) is 0 Å². The van der Waals surface area contributed by atoms with Crippen LogP contribution in [-0.4, -0.2) is 19.9 Å². The Labute approximate surface area is 129 Å². The van der Waals surface area contributed by atoms with Crippen LogP contribution in [0.4, 0.5) is 0 Å². The van der Waals surface area contributed by atoms with Gasteiger partial charge in [-0.15, -0.1) is 5.10 Å². The Bertz CT molecular complexity index is 651. The number of nitrogens with one attached hydrogen (secondary N) is 1. The van der Waals surface area contributed by atoms with Gasteiger partial charge in [0.25, 0.3) is 0 Å². The van der Waals surface area contributed by atoms with Gasteiger partial charge in [0, 0.05) is 15.9 Å². The van der Waals surface area contributed by atoms with Gasteiger partial charge in [0.1, 0.15) is 0 Å². The van der Waals surface area contributed by atoms with Crippen LogP contribution in [0, 0.1) is 0 Å². The van der Waals surface area contributed by atoms with Gasteiger partial charge in [-0.1, -0.05) is 28.9 Å². The van der Waals surface area contributed by atoms with E-state index in [0.29, 0.717) is 11.7 Å². The molecule has 2 N–H and O–H groups in total. The van der Waals surface area contributed by atoms with Crippen molar-refractivity contribution in [2.75, 3.05) is 0 Å². The molecule has 0 radical (unpaired) electrons. The van der Waals surface area contributed by atoms with Crippen molar-refractivity contribution < 1.29 is 5.11 Å². The number of aliphatic hydroxyl groups is 1. The fourth-order valence-electron chi connectivity index (χ4n) is 1.82. The van der Waals surface area contributed by atoms with Crippen LogP contribution in [0.25, 0.3) is 0 Å². The van der Waals surface area contributed by atoms with Crippen LogP contribution in [0.15, 0.2) is 37.5 Å². The molecule has 0 spiro atoms. The molecule has 0 amide bonds. The molecule has 1 heterocycles. The quantitative estimate of drug-likeness (QED) is 0.862. The van der Waals surface area contributed by atoms with Crippen molar-refractivity contribution in [1.29, 1.82) is 0 Å². The summed E-state index contributed by atoms with van der Waals surface area (Å²) < 4.78 is 2.47. The normalized spacial score (nSPS) is 12.6. The lowest BCUT2D eigenvalue weighted by molar-refractivity contribution is 0.198. The van der Waals surface area contributed by atoms with E-state index in [1.165, 1.54) is 11.8 Å². The van der Waals surface area contributed by atoms with Crippen LogP contribution in [0.2, 0.25) is 0 Å². The number of hydrogen-bond donors (Lipinski definition) is 2. The van der Waals surface area contributed by atoms with Crippen LogP contribution in [-0.2, 0) is 6.54 Å². The summed E-state index contributed by atoms with van der Waals surface area (Å²) in [4.78, 5) is 12.6. The van der Waals surface area contributed by atoms with Gasteiger partial charge in [0.15, 0.2) is 5.16 Å². The first kappa shape index (κ1) is 15.3. The first-order chi connectivity index (χ1) is 9.52. The molecular weight excluding hydrogens is 342 g/mol. The van der Waals surface area contributed by atoms with Gasteiger partial charge in [-0.3, -0.25) is 4.57 Å². The van der Waals surface area contributed by atoms with E-state index in [1.54, 1.807) is 11.5 Å². The van der Waals surface area contributed by atoms with E-state index in [2.05, 4.69) is 26.1 Å². The molecule has 7 heteroatoms. The summed E-state index contributed by atoms with van der Waals surface area (Å²) in [6, 6.07) is 5.70. The maximum atomic E-state index is 11.6.